The lowest BCUT2D eigenvalue weighted by Crippen LogP contribution is -2.31. The number of hydrogen-bond donors (Lipinski definition) is 2. The number of pyridine rings is 2. The molecule has 0 fully saturated rings. The molecule has 3 heterocycles. The van der Waals surface area contributed by atoms with Gasteiger partial charge in [-0.3, -0.25) is 19.3 Å². The first kappa shape index (κ1) is 27.4. The first-order valence-electron chi connectivity index (χ1n) is 12.7. The number of nitrogens with one attached hydrogen (secondary N) is 2. The van der Waals surface area contributed by atoms with E-state index in [1.165, 1.54) is 17.6 Å². The van der Waals surface area contributed by atoms with Crippen LogP contribution in [0.2, 0.25) is 0 Å². The van der Waals surface area contributed by atoms with Crippen molar-refractivity contribution in [1.82, 2.24) is 25.1 Å². The van der Waals surface area contributed by atoms with E-state index in [1.54, 1.807) is 66.9 Å². The minimum Gasteiger partial charge on any atom is -0.464 e. The van der Waals surface area contributed by atoms with Crippen molar-refractivity contribution in [3.63, 3.8) is 0 Å². The van der Waals surface area contributed by atoms with Gasteiger partial charge in [-0.05, 0) is 48.0 Å². The number of nitrogens with zero attached hydrogens (tertiary/aromatic N) is 3. The standard InChI is InChI=1S/C30H25F2N5O4/c1-3-30(31,32)24-14-13-21-26(38)22(17-33-28(39)19-11-9-18(10-12-19)23-15-16-34-36-23)25(29(40)41-2)37(27(21)35-24)20-7-5-4-6-8-20/h4-16H,3,17H2,1-2H3,(H,33,39)(H,34,36). The molecule has 5 aromatic rings. The van der Waals surface area contributed by atoms with Crippen molar-refractivity contribution in [2.75, 3.05) is 7.11 Å². The van der Waals surface area contributed by atoms with Gasteiger partial charge in [0.05, 0.1) is 23.8 Å². The minimum atomic E-state index is -3.25. The molecule has 0 aliphatic carbocycles. The predicted molar refractivity (Wildman–Crippen MR) is 148 cm³/mol. The number of aromatic nitrogens is 4. The number of rotatable bonds is 8. The molecule has 0 bridgehead atoms. The number of esters is 1. The summed E-state index contributed by atoms with van der Waals surface area (Å²) in [5.74, 6) is -4.63. The number of halogens is 2. The third-order valence-electron chi connectivity index (χ3n) is 6.71. The van der Waals surface area contributed by atoms with Crippen LogP contribution < -0.4 is 10.7 Å². The van der Waals surface area contributed by atoms with Crippen LogP contribution in [-0.2, 0) is 17.2 Å². The molecule has 0 radical (unpaired) electrons. The van der Waals surface area contributed by atoms with Crippen LogP contribution in [0.5, 0.6) is 0 Å². The summed E-state index contributed by atoms with van der Waals surface area (Å²) in [6.07, 6.45) is 1.12. The van der Waals surface area contributed by atoms with E-state index in [1.807, 2.05) is 0 Å². The highest BCUT2D eigenvalue weighted by Gasteiger charge is 2.33. The van der Waals surface area contributed by atoms with Gasteiger partial charge >= 0.3 is 5.97 Å². The van der Waals surface area contributed by atoms with Crippen molar-refractivity contribution in [2.24, 2.45) is 0 Å². The highest BCUT2D eigenvalue weighted by atomic mass is 19.3. The molecular formula is C30H25F2N5O4. The molecule has 9 nitrogen and oxygen atoms in total. The Morgan fingerprint density at radius 1 is 1.02 bits per heavy atom. The van der Waals surface area contributed by atoms with Crippen molar-refractivity contribution >= 4 is 22.9 Å². The monoisotopic (exact) mass is 557 g/mol. The lowest BCUT2D eigenvalue weighted by atomic mass is 10.1. The molecule has 11 heteroatoms. The number of amides is 1. The maximum Gasteiger partial charge on any atom is 0.355 e. The Hall–Kier alpha value is -5.19. The summed E-state index contributed by atoms with van der Waals surface area (Å²) in [4.78, 5) is 44.0. The van der Waals surface area contributed by atoms with Gasteiger partial charge in [0.15, 0.2) is 5.43 Å². The smallest absolute Gasteiger partial charge is 0.355 e. The normalized spacial score (nSPS) is 11.4. The molecule has 0 spiro atoms. The predicted octanol–water partition coefficient (Wildman–Crippen LogP) is 4.99. The van der Waals surface area contributed by atoms with Gasteiger partial charge in [-0.2, -0.15) is 13.9 Å². The van der Waals surface area contributed by atoms with Crippen molar-refractivity contribution < 1.29 is 23.1 Å². The van der Waals surface area contributed by atoms with Crippen molar-refractivity contribution in [3.05, 3.63) is 112 Å². The zero-order valence-electron chi connectivity index (χ0n) is 22.2. The van der Waals surface area contributed by atoms with Gasteiger partial charge in [-0.1, -0.05) is 37.3 Å². The fraction of sp³-hybridized carbons (Fsp3) is 0.167. The van der Waals surface area contributed by atoms with Gasteiger partial charge in [0.2, 0.25) is 0 Å². The number of methoxy groups -OCH3 is 1. The Labute approximate surface area is 232 Å². The molecule has 0 atom stereocenters. The van der Waals surface area contributed by atoms with Crippen LogP contribution in [0.4, 0.5) is 8.78 Å². The Kier molecular flexibility index (Phi) is 7.43. The lowest BCUT2D eigenvalue weighted by molar-refractivity contribution is -0.0125. The Morgan fingerprint density at radius 2 is 1.76 bits per heavy atom. The van der Waals surface area contributed by atoms with Crippen LogP contribution in [0.25, 0.3) is 28.0 Å². The molecule has 0 saturated carbocycles. The molecule has 5 rings (SSSR count). The summed E-state index contributed by atoms with van der Waals surface area (Å²) in [7, 11) is 1.14. The van der Waals surface area contributed by atoms with Gasteiger partial charge in [-0.25, -0.2) is 9.78 Å². The molecule has 1 amide bonds. The average molecular weight is 558 g/mol. The number of aromatic amines is 1. The van der Waals surface area contributed by atoms with Crippen LogP contribution in [-0.4, -0.2) is 38.7 Å². The van der Waals surface area contributed by atoms with Gasteiger partial charge in [-0.15, -0.1) is 0 Å². The third kappa shape index (κ3) is 5.21. The zero-order chi connectivity index (χ0) is 29.1. The second kappa shape index (κ2) is 11.1. The highest BCUT2D eigenvalue weighted by molar-refractivity contribution is 5.96. The van der Waals surface area contributed by atoms with E-state index in [-0.39, 0.29) is 28.8 Å². The molecule has 0 aliphatic heterocycles. The number of alkyl halides is 2. The largest absolute Gasteiger partial charge is 0.464 e. The zero-order valence-corrected chi connectivity index (χ0v) is 22.2. The molecule has 0 unspecified atom stereocenters. The van der Waals surface area contributed by atoms with Crippen molar-refractivity contribution in [1.29, 1.82) is 0 Å². The molecule has 41 heavy (non-hydrogen) atoms. The summed E-state index contributed by atoms with van der Waals surface area (Å²) >= 11 is 0. The molecule has 2 aromatic carbocycles. The fourth-order valence-corrected chi connectivity index (χ4v) is 4.48. The second-order valence-corrected chi connectivity index (χ2v) is 9.17. The van der Waals surface area contributed by atoms with E-state index in [0.717, 1.165) is 24.4 Å². The number of hydrogen-bond acceptors (Lipinski definition) is 6. The Bertz CT molecular complexity index is 1780. The van der Waals surface area contributed by atoms with Crippen LogP contribution in [0.15, 0.2) is 83.8 Å². The number of fused-ring (bicyclic) bond motifs is 1. The minimum absolute atomic E-state index is 0.00492. The fourth-order valence-electron chi connectivity index (χ4n) is 4.48. The SMILES string of the molecule is CCC(F)(F)c1ccc2c(=O)c(CNC(=O)c3ccc(-c4ccn[nH]4)cc3)c(C(=O)OC)n(-c3ccccc3)c2n1. The van der Waals surface area contributed by atoms with E-state index in [0.29, 0.717) is 11.3 Å². The maximum absolute atomic E-state index is 14.6. The van der Waals surface area contributed by atoms with Crippen molar-refractivity contribution in [3.8, 4) is 16.9 Å². The van der Waals surface area contributed by atoms with Crippen LogP contribution in [0.3, 0.4) is 0 Å². The lowest BCUT2D eigenvalue weighted by Gasteiger charge is -2.20. The van der Waals surface area contributed by atoms with Gasteiger partial charge in [0.1, 0.15) is 17.0 Å². The van der Waals surface area contributed by atoms with Crippen LogP contribution in [0, 0.1) is 0 Å². The number of ether oxygens (including phenoxy) is 1. The molecular weight excluding hydrogens is 532 g/mol. The van der Waals surface area contributed by atoms with Crippen LogP contribution >= 0.6 is 0 Å². The molecule has 208 valence electrons. The number of carbonyl (C=O) groups excluding carboxylic acids is 2. The number of para-hydroxylation sites is 1. The topological polar surface area (TPSA) is 119 Å². The first-order chi connectivity index (χ1) is 19.7. The van der Waals surface area contributed by atoms with Gasteiger partial charge in [0.25, 0.3) is 11.8 Å². The van der Waals surface area contributed by atoms with E-state index < -0.39 is 35.3 Å². The maximum atomic E-state index is 14.6. The first-order valence-corrected chi connectivity index (χ1v) is 12.7. The van der Waals surface area contributed by atoms with E-state index >= 15 is 0 Å². The number of carbonyl (C=O) groups is 2. The van der Waals surface area contributed by atoms with E-state index in [4.69, 9.17) is 4.74 Å². The van der Waals surface area contributed by atoms with Crippen LogP contribution in [0.1, 0.15) is 45.4 Å². The van der Waals surface area contributed by atoms with E-state index in [9.17, 15) is 23.2 Å². The molecule has 2 N–H and O–H groups in total. The Morgan fingerprint density at radius 3 is 2.39 bits per heavy atom. The molecule has 0 aliphatic rings. The van der Waals surface area contributed by atoms with Gasteiger partial charge < -0.3 is 10.1 Å². The third-order valence-corrected chi connectivity index (χ3v) is 6.71. The second-order valence-electron chi connectivity index (χ2n) is 9.17. The molecule has 0 saturated heterocycles. The summed E-state index contributed by atoms with van der Waals surface area (Å²) < 4.78 is 35.6. The Balaban J connectivity index is 1.62. The number of H-pyrrole nitrogens is 1. The van der Waals surface area contributed by atoms with Crippen molar-refractivity contribution in [2.45, 2.75) is 25.8 Å². The summed E-state index contributed by atoms with van der Waals surface area (Å²) in [6, 6.07) is 19.3. The highest BCUT2D eigenvalue weighted by Crippen LogP contribution is 2.32. The van der Waals surface area contributed by atoms with E-state index in [2.05, 4.69) is 20.5 Å². The summed E-state index contributed by atoms with van der Waals surface area (Å²) in [5.41, 5.74) is 0.723. The summed E-state index contributed by atoms with van der Waals surface area (Å²) in [6.45, 7) is 0.993. The average Bonchev–Trinajstić information content (AvgIpc) is 3.55. The number of benzene rings is 2. The quantitative estimate of drug-likeness (QED) is 0.260. The summed E-state index contributed by atoms with van der Waals surface area (Å²) in [5, 5.41) is 9.46. The van der Waals surface area contributed by atoms with Gasteiger partial charge in [0, 0.05) is 30.4 Å². The molecule has 3 aromatic heterocycles.